The van der Waals surface area contributed by atoms with Crippen LogP contribution in [-0.2, 0) is 14.8 Å². The maximum Gasteiger partial charge on any atom is 0.264 e. The van der Waals surface area contributed by atoms with Crippen LogP contribution in [0.2, 0.25) is 0 Å². The molecule has 0 aromatic heterocycles. The van der Waals surface area contributed by atoms with Crippen LogP contribution in [0.3, 0.4) is 0 Å². The van der Waals surface area contributed by atoms with E-state index in [0.717, 1.165) is 28.0 Å². The zero-order valence-electron chi connectivity index (χ0n) is 19.6. The van der Waals surface area contributed by atoms with E-state index >= 15 is 0 Å². The minimum Gasteiger partial charge on any atom is -0.497 e. The Hall–Kier alpha value is -3.32. The Kier molecular flexibility index (Phi) is 7.43. The van der Waals surface area contributed by atoms with Gasteiger partial charge in [0, 0.05) is 0 Å². The summed E-state index contributed by atoms with van der Waals surface area (Å²) < 4.78 is 33.5. The lowest BCUT2D eigenvalue weighted by Gasteiger charge is -2.26. The largest absolute Gasteiger partial charge is 0.497 e. The highest BCUT2D eigenvalue weighted by Crippen LogP contribution is 2.28. The Morgan fingerprint density at radius 2 is 1.55 bits per heavy atom. The SMILES string of the molecule is COc1ccc([C@@H](C)NC(=O)CN(c2ccc(C)cc2C)S(=O)(=O)c2ccc(C)cc2)cc1. The van der Waals surface area contributed by atoms with Gasteiger partial charge in [0.2, 0.25) is 5.91 Å². The van der Waals surface area contributed by atoms with Crippen LogP contribution in [0.25, 0.3) is 0 Å². The number of carbonyl (C=O) groups is 1. The molecule has 0 bridgehead atoms. The fourth-order valence-electron chi connectivity index (χ4n) is 3.62. The molecule has 1 amide bonds. The van der Waals surface area contributed by atoms with Gasteiger partial charge in [-0.2, -0.15) is 0 Å². The number of benzene rings is 3. The molecule has 0 heterocycles. The third-order valence-corrected chi connectivity index (χ3v) is 7.28. The van der Waals surface area contributed by atoms with Crippen LogP contribution < -0.4 is 14.4 Å². The summed E-state index contributed by atoms with van der Waals surface area (Å²) in [6, 6.07) is 19.2. The molecule has 0 fully saturated rings. The standard InChI is InChI=1S/C26H30N2O4S/c1-18-6-13-24(14-7-18)33(30,31)28(25-15-8-19(2)16-20(25)3)17-26(29)27-21(4)22-9-11-23(32-5)12-10-22/h6-16,21H,17H2,1-5H3,(H,27,29)/t21-/m1/s1. The zero-order chi connectivity index (χ0) is 24.2. The van der Waals surface area contributed by atoms with Gasteiger partial charge in [-0.05, 0) is 69.2 Å². The number of sulfonamides is 1. The van der Waals surface area contributed by atoms with Gasteiger partial charge in [0.25, 0.3) is 10.0 Å². The highest BCUT2D eigenvalue weighted by molar-refractivity contribution is 7.92. The van der Waals surface area contributed by atoms with Crippen LogP contribution in [0.5, 0.6) is 5.75 Å². The van der Waals surface area contributed by atoms with E-state index in [9.17, 15) is 13.2 Å². The van der Waals surface area contributed by atoms with Crippen molar-refractivity contribution in [2.24, 2.45) is 0 Å². The van der Waals surface area contributed by atoms with Crippen molar-refractivity contribution < 1.29 is 17.9 Å². The second kappa shape index (κ2) is 10.1. The number of amides is 1. The van der Waals surface area contributed by atoms with Gasteiger partial charge in [-0.3, -0.25) is 9.10 Å². The average Bonchev–Trinajstić information content (AvgIpc) is 2.78. The molecule has 33 heavy (non-hydrogen) atoms. The van der Waals surface area contributed by atoms with E-state index in [1.807, 2.05) is 64.1 Å². The third-order valence-electron chi connectivity index (χ3n) is 5.51. The Labute approximate surface area is 196 Å². The predicted octanol–water partition coefficient (Wildman–Crippen LogP) is 4.69. The molecule has 1 N–H and O–H groups in total. The first-order valence-corrected chi connectivity index (χ1v) is 12.2. The van der Waals surface area contributed by atoms with Crippen molar-refractivity contribution in [3.05, 3.63) is 89.0 Å². The summed E-state index contributed by atoms with van der Waals surface area (Å²) in [6.45, 7) is 7.21. The fourth-order valence-corrected chi connectivity index (χ4v) is 5.10. The van der Waals surface area contributed by atoms with Crippen LogP contribution in [0.15, 0.2) is 71.6 Å². The van der Waals surface area contributed by atoms with E-state index in [0.29, 0.717) is 5.69 Å². The van der Waals surface area contributed by atoms with Crippen molar-refractivity contribution in [2.75, 3.05) is 18.0 Å². The Balaban J connectivity index is 1.90. The first-order chi connectivity index (χ1) is 15.6. The summed E-state index contributed by atoms with van der Waals surface area (Å²) in [7, 11) is -2.36. The molecule has 0 radical (unpaired) electrons. The van der Waals surface area contributed by atoms with Crippen LogP contribution >= 0.6 is 0 Å². The van der Waals surface area contributed by atoms with E-state index < -0.39 is 15.9 Å². The average molecular weight is 467 g/mol. The summed E-state index contributed by atoms with van der Waals surface area (Å²) in [5, 5.41) is 2.91. The van der Waals surface area contributed by atoms with Gasteiger partial charge in [0.15, 0.2) is 0 Å². The number of methoxy groups -OCH3 is 1. The van der Waals surface area contributed by atoms with Crippen molar-refractivity contribution >= 4 is 21.6 Å². The minimum atomic E-state index is -3.95. The number of ether oxygens (including phenoxy) is 1. The van der Waals surface area contributed by atoms with E-state index in [2.05, 4.69) is 5.32 Å². The molecular formula is C26H30N2O4S. The van der Waals surface area contributed by atoms with Gasteiger partial charge in [-0.1, -0.05) is 47.5 Å². The number of hydrogen-bond acceptors (Lipinski definition) is 4. The lowest BCUT2D eigenvalue weighted by atomic mass is 10.1. The summed E-state index contributed by atoms with van der Waals surface area (Å²) in [5.41, 5.74) is 4.12. The van der Waals surface area contributed by atoms with E-state index in [1.165, 1.54) is 4.31 Å². The summed E-state index contributed by atoms with van der Waals surface area (Å²) >= 11 is 0. The molecule has 0 unspecified atom stereocenters. The van der Waals surface area contributed by atoms with Crippen molar-refractivity contribution in [1.29, 1.82) is 0 Å². The number of anilines is 1. The third kappa shape index (κ3) is 5.73. The number of nitrogens with zero attached hydrogens (tertiary/aromatic N) is 1. The van der Waals surface area contributed by atoms with Gasteiger partial charge < -0.3 is 10.1 Å². The van der Waals surface area contributed by atoms with E-state index in [1.54, 1.807) is 37.4 Å². The predicted molar refractivity (Wildman–Crippen MR) is 131 cm³/mol. The quantitative estimate of drug-likeness (QED) is 0.522. The normalized spacial score (nSPS) is 12.2. The Morgan fingerprint density at radius 3 is 2.12 bits per heavy atom. The molecule has 3 aromatic carbocycles. The second-order valence-electron chi connectivity index (χ2n) is 8.18. The van der Waals surface area contributed by atoms with Crippen molar-refractivity contribution in [2.45, 2.75) is 38.6 Å². The van der Waals surface area contributed by atoms with Crippen LogP contribution in [0.4, 0.5) is 5.69 Å². The molecule has 0 aliphatic carbocycles. The first-order valence-electron chi connectivity index (χ1n) is 10.7. The Bertz CT molecular complexity index is 1220. The summed E-state index contributed by atoms with van der Waals surface area (Å²) in [5.74, 6) is 0.330. The number of rotatable bonds is 8. The highest BCUT2D eigenvalue weighted by Gasteiger charge is 2.28. The monoisotopic (exact) mass is 466 g/mol. The molecule has 6 nitrogen and oxygen atoms in total. The van der Waals surface area contributed by atoms with Gasteiger partial charge in [-0.25, -0.2) is 8.42 Å². The topological polar surface area (TPSA) is 75.7 Å². The molecule has 1 atom stereocenters. The minimum absolute atomic E-state index is 0.143. The van der Waals surface area contributed by atoms with Gasteiger partial charge >= 0.3 is 0 Å². The molecule has 7 heteroatoms. The molecule has 0 aliphatic rings. The molecule has 3 aromatic rings. The smallest absolute Gasteiger partial charge is 0.264 e. The van der Waals surface area contributed by atoms with E-state index in [-0.39, 0.29) is 17.5 Å². The molecule has 0 spiro atoms. The van der Waals surface area contributed by atoms with Crippen LogP contribution in [0, 0.1) is 20.8 Å². The maximum absolute atomic E-state index is 13.6. The zero-order valence-corrected chi connectivity index (χ0v) is 20.4. The van der Waals surface area contributed by atoms with E-state index in [4.69, 9.17) is 4.74 Å². The number of nitrogens with one attached hydrogen (secondary N) is 1. The summed E-state index contributed by atoms with van der Waals surface area (Å²) in [6.07, 6.45) is 0. The fraction of sp³-hybridized carbons (Fsp3) is 0.269. The van der Waals surface area contributed by atoms with Gasteiger partial charge in [0.1, 0.15) is 12.3 Å². The number of carbonyl (C=O) groups excluding carboxylic acids is 1. The van der Waals surface area contributed by atoms with Crippen molar-refractivity contribution in [1.82, 2.24) is 5.32 Å². The maximum atomic E-state index is 13.6. The number of hydrogen-bond donors (Lipinski definition) is 1. The van der Waals surface area contributed by atoms with Crippen LogP contribution in [0.1, 0.15) is 35.2 Å². The van der Waals surface area contributed by atoms with Crippen LogP contribution in [-0.4, -0.2) is 28.0 Å². The lowest BCUT2D eigenvalue weighted by molar-refractivity contribution is -0.120. The molecule has 3 rings (SSSR count). The van der Waals surface area contributed by atoms with Crippen molar-refractivity contribution in [3.63, 3.8) is 0 Å². The van der Waals surface area contributed by atoms with Crippen molar-refractivity contribution in [3.8, 4) is 5.75 Å². The Morgan fingerprint density at radius 1 is 0.939 bits per heavy atom. The molecular weight excluding hydrogens is 436 g/mol. The number of aryl methyl sites for hydroxylation is 3. The molecule has 174 valence electrons. The molecule has 0 aliphatic heterocycles. The first kappa shape index (κ1) is 24.3. The highest BCUT2D eigenvalue weighted by atomic mass is 32.2. The van der Waals surface area contributed by atoms with Gasteiger partial charge in [0.05, 0.1) is 23.7 Å². The van der Waals surface area contributed by atoms with Gasteiger partial charge in [-0.15, -0.1) is 0 Å². The second-order valence-corrected chi connectivity index (χ2v) is 10.0. The summed E-state index contributed by atoms with van der Waals surface area (Å²) in [4.78, 5) is 13.1. The molecule has 0 saturated heterocycles. The lowest BCUT2D eigenvalue weighted by Crippen LogP contribution is -2.42. The molecule has 0 saturated carbocycles.